The minimum atomic E-state index is -0.282. The summed E-state index contributed by atoms with van der Waals surface area (Å²) in [6, 6.07) is 12.4. The van der Waals surface area contributed by atoms with Crippen molar-refractivity contribution in [2.45, 2.75) is 24.5 Å². The van der Waals surface area contributed by atoms with Gasteiger partial charge in [-0.15, -0.1) is 10.2 Å². The number of hydrogen-bond acceptors (Lipinski definition) is 5. The number of rotatable bonds is 9. The highest BCUT2D eigenvalue weighted by Crippen LogP contribution is 2.27. The van der Waals surface area contributed by atoms with Crippen LogP contribution in [-0.4, -0.2) is 46.1 Å². The molecule has 0 spiro atoms. The van der Waals surface area contributed by atoms with Gasteiger partial charge in [-0.3, -0.25) is 9.47 Å². The van der Waals surface area contributed by atoms with Crippen LogP contribution in [0.3, 0.4) is 0 Å². The van der Waals surface area contributed by atoms with Gasteiger partial charge in [-0.2, -0.15) is 0 Å². The molecule has 1 heterocycles. The Balaban J connectivity index is 1.66. The summed E-state index contributed by atoms with van der Waals surface area (Å²) in [4.78, 5) is 2.05. The van der Waals surface area contributed by atoms with Crippen LogP contribution in [0.2, 0.25) is 0 Å². The van der Waals surface area contributed by atoms with Crippen LogP contribution in [0.15, 0.2) is 53.7 Å². The van der Waals surface area contributed by atoms with E-state index in [-0.39, 0.29) is 17.7 Å². The molecule has 2 aromatic carbocycles. The Kier molecular flexibility index (Phi) is 7.22. The molecule has 1 atom stereocenters. The summed E-state index contributed by atoms with van der Waals surface area (Å²) in [5, 5.41) is 9.49. The summed E-state index contributed by atoms with van der Waals surface area (Å²) < 4.78 is 33.9. The van der Waals surface area contributed by atoms with Crippen LogP contribution >= 0.6 is 11.8 Å². The van der Waals surface area contributed by atoms with E-state index in [9.17, 15) is 8.78 Å². The molecule has 0 radical (unpaired) electrons. The first-order valence-corrected chi connectivity index (χ1v) is 10.3. The van der Waals surface area contributed by atoms with Crippen LogP contribution in [0.1, 0.15) is 25.2 Å². The van der Waals surface area contributed by atoms with E-state index in [1.807, 2.05) is 18.7 Å². The molecule has 29 heavy (non-hydrogen) atoms. The van der Waals surface area contributed by atoms with Crippen molar-refractivity contribution in [3.05, 3.63) is 66.0 Å². The molecule has 154 valence electrons. The molecule has 0 bridgehead atoms. The van der Waals surface area contributed by atoms with Gasteiger partial charge in [0.25, 0.3) is 0 Å². The third kappa shape index (κ3) is 5.55. The second kappa shape index (κ2) is 9.84. The number of halogens is 2. The second-order valence-electron chi connectivity index (χ2n) is 6.80. The maximum absolute atomic E-state index is 13.4. The molecule has 0 amide bonds. The van der Waals surface area contributed by atoms with E-state index in [4.69, 9.17) is 4.74 Å². The Bertz CT molecular complexity index is 913. The van der Waals surface area contributed by atoms with E-state index in [0.29, 0.717) is 12.4 Å². The van der Waals surface area contributed by atoms with Gasteiger partial charge in [-0.1, -0.05) is 11.8 Å². The average molecular weight is 419 g/mol. The highest BCUT2D eigenvalue weighted by atomic mass is 32.2. The maximum atomic E-state index is 13.4. The lowest BCUT2D eigenvalue weighted by Gasteiger charge is -2.20. The highest BCUT2D eigenvalue weighted by molar-refractivity contribution is 7.99. The zero-order valence-corrected chi connectivity index (χ0v) is 17.5. The Morgan fingerprint density at radius 3 is 2.24 bits per heavy atom. The lowest BCUT2D eigenvalue weighted by atomic mass is 10.2. The van der Waals surface area contributed by atoms with Gasteiger partial charge in [0.15, 0.2) is 11.0 Å². The smallest absolute Gasteiger partial charge is 0.195 e. The molecular formula is C21H24F2N4OS. The number of thioether (sulfide) groups is 1. The molecule has 0 unspecified atom stereocenters. The van der Waals surface area contributed by atoms with Crippen molar-refractivity contribution >= 4 is 11.8 Å². The zero-order chi connectivity index (χ0) is 20.8. The predicted molar refractivity (Wildman–Crippen MR) is 111 cm³/mol. The molecule has 8 heteroatoms. The van der Waals surface area contributed by atoms with Crippen LogP contribution in [0.25, 0.3) is 5.69 Å². The van der Waals surface area contributed by atoms with E-state index >= 15 is 0 Å². The van der Waals surface area contributed by atoms with E-state index in [2.05, 4.69) is 22.0 Å². The summed E-state index contributed by atoms with van der Waals surface area (Å²) in [5.74, 6) is 1.66. The van der Waals surface area contributed by atoms with Crippen LogP contribution in [0, 0.1) is 11.6 Å². The zero-order valence-electron chi connectivity index (χ0n) is 16.7. The van der Waals surface area contributed by atoms with Gasteiger partial charge in [0.05, 0.1) is 12.6 Å². The van der Waals surface area contributed by atoms with Gasteiger partial charge in [-0.05, 0) is 76.0 Å². The van der Waals surface area contributed by atoms with E-state index < -0.39 is 0 Å². The van der Waals surface area contributed by atoms with Gasteiger partial charge in [0.2, 0.25) is 0 Å². The summed E-state index contributed by atoms with van der Waals surface area (Å²) in [6.45, 7) is 2.57. The second-order valence-corrected chi connectivity index (χ2v) is 7.86. The van der Waals surface area contributed by atoms with Crippen molar-refractivity contribution in [3.8, 4) is 11.4 Å². The van der Waals surface area contributed by atoms with Crippen LogP contribution < -0.4 is 4.74 Å². The van der Waals surface area contributed by atoms with Crippen LogP contribution in [0.5, 0.6) is 5.75 Å². The van der Waals surface area contributed by atoms with Crippen molar-refractivity contribution in [3.63, 3.8) is 0 Å². The fourth-order valence-corrected chi connectivity index (χ4v) is 3.52. The first kappa shape index (κ1) is 21.3. The van der Waals surface area contributed by atoms with E-state index in [1.54, 1.807) is 36.0 Å². The molecule has 0 aliphatic carbocycles. The number of benzene rings is 2. The minimum Gasteiger partial charge on any atom is -0.494 e. The molecule has 5 nitrogen and oxygen atoms in total. The Labute approximate surface area is 173 Å². The fourth-order valence-electron chi connectivity index (χ4n) is 2.65. The minimum absolute atomic E-state index is 0.0451. The maximum Gasteiger partial charge on any atom is 0.195 e. The summed E-state index contributed by atoms with van der Waals surface area (Å²) in [5.41, 5.74) is 0.824. The number of hydrogen-bond donors (Lipinski definition) is 0. The van der Waals surface area contributed by atoms with Crippen LogP contribution in [0.4, 0.5) is 8.78 Å². The molecule has 1 aromatic heterocycles. The lowest BCUT2D eigenvalue weighted by molar-refractivity contribution is 0.305. The summed E-state index contributed by atoms with van der Waals surface area (Å²) >= 11 is 1.57. The monoisotopic (exact) mass is 418 g/mol. The van der Waals surface area contributed by atoms with Gasteiger partial charge in [0.1, 0.15) is 17.4 Å². The third-order valence-corrected chi connectivity index (χ3v) is 5.51. The van der Waals surface area contributed by atoms with Gasteiger partial charge >= 0.3 is 0 Å². The van der Waals surface area contributed by atoms with Crippen LogP contribution in [-0.2, 0) is 0 Å². The van der Waals surface area contributed by atoms with Crippen molar-refractivity contribution in [2.75, 3.05) is 26.5 Å². The quantitative estimate of drug-likeness (QED) is 0.371. The number of aromatic nitrogens is 3. The Hall–Kier alpha value is -2.45. The van der Waals surface area contributed by atoms with Crippen molar-refractivity contribution in [2.24, 2.45) is 0 Å². The molecule has 0 saturated heterocycles. The molecule has 0 aliphatic heterocycles. The van der Waals surface area contributed by atoms with Crippen molar-refractivity contribution < 1.29 is 13.5 Å². The Morgan fingerprint density at radius 1 is 1.00 bits per heavy atom. The number of nitrogens with zero attached hydrogens (tertiary/aromatic N) is 4. The first-order chi connectivity index (χ1) is 14.0. The first-order valence-electron chi connectivity index (χ1n) is 9.34. The summed E-state index contributed by atoms with van der Waals surface area (Å²) in [7, 11) is 3.96. The molecule has 0 fully saturated rings. The standard InChI is InChI=1S/C21H24F2N4OS/c1-15(26(2)3)20-24-25-21(27(20)18-9-5-16(22)6-10-18)29-14-4-13-28-19-11-7-17(23)8-12-19/h5-12,15H,4,13-14H2,1-3H3/t15-/m0/s1. The SMILES string of the molecule is C[C@@H](c1nnc(SCCCOc2ccc(F)cc2)n1-c1ccc(F)cc1)N(C)C. The topological polar surface area (TPSA) is 43.2 Å². The van der Waals surface area contributed by atoms with E-state index in [0.717, 1.165) is 28.8 Å². The molecule has 0 N–H and O–H groups in total. The molecule has 3 rings (SSSR count). The number of ether oxygens (including phenoxy) is 1. The van der Waals surface area contributed by atoms with Gasteiger partial charge < -0.3 is 4.74 Å². The summed E-state index contributed by atoms with van der Waals surface area (Å²) in [6.07, 6.45) is 0.789. The van der Waals surface area contributed by atoms with Gasteiger partial charge in [0, 0.05) is 11.4 Å². The largest absolute Gasteiger partial charge is 0.494 e. The predicted octanol–water partition coefficient (Wildman–Crippen LogP) is 4.73. The van der Waals surface area contributed by atoms with Crippen molar-refractivity contribution in [1.82, 2.24) is 19.7 Å². The molecule has 0 saturated carbocycles. The fraction of sp³-hybridized carbons (Fsp3) is 0.333. The third-order valence-electron chi connectivity index (χ3n) is 4.49. The molecule has 3 aromatic rings. The lowest BCUT2D eigenvalue weighted by Crippen LogP contribution is -2.20. The van der Waals surface area contributed by atoms with Gasteiger partial charge in [-0.25, -0.2) is 8.78 Å². The average Bonchev–Trinajstić information content (AvgIpc) is 3.12. The van der Waals surface area contributed by atoms with E-state index in [1.165, 1.54) is 24.3 Å². The normalized spacial score (nSPS) is 12.3. The molecular weight excluding hydrogens is 394 g/mol. The molecule has 0 aliphatic rings. The highest BCUT2D eigenvalue weighted by Gasteiger charge is 2.20. The van der Waals surface area contributed by atoms with Crippen molar-refractivity contribution in [1.29, 1.82) is 0 Å². The Morgan fingerprint density at radius 2 is 1.62 bits per heavy atom.